The Morgan fingerprint density at radius 1 is 0.462 bits per heavy atom. The standard InChI is InChI=1S/C10H14O4.C10H22O2/c11-5-3-7-8(4-6-12)10(14)2-1-9(7)13;11-9-7-5-3-1-2-4-6-8-10-12/h1-2,11-14H,3-6H2;11-12H,1-10H2. The molecule has 0 aliphatic rings. The summed E-state index contributed by atoms with van der Waals surface area (Å²) in [6.07, 6.45) is 9.85. The van der Waals surface area contributed by atoms with E-state index in [0.717, 1.165) is 25.7 Å². The molecule has 0 atom stereocenters. The Labute approximate surface area is 156 Å². The zero-order chi connectivity index (χ0) is 19.6. The van der Waals surface area contributed by atoms with Crippen LogP contribution in [0.1, 0.15) is 62.5 Å². The summed E-state index contributed by atoms with van der Waals surface area (Å²) in [5, 5.41) is 53.5. The Hall–Kier alpha value is -1.34. The molecule has 0 saturated heterocycles. The zero-order valence-electron chi connectivity index (χ0n) is 15.7. The van der Waals surface area contributed by atoms with Crippen molar-refractivity contribution in [1.82, 2.24) is 0 Å². The van der Waals surface area contributed by atoms with Gasteiger partial charge in [0.15, 0.2) is 0 Å². The third-order valence-electron chi connectivity index (χ3n) is 4.17. The summed E-state index contributed by atoms with van der Waals surface area (Å²) >= 11 is 0. The maximum absolute atomic E-state index is 9.47. The van der Waals surface area contributed by atoms with Crippen LogP contribution in [0.25, 0.3) is 0 Å². The molecule has 6 heteroatoms. The monoisotopic (exact) mass is 372 g/mol. The Morgan fingerprint density at radius 3 is 1.04 bits per heavy atom. The number of benzene rings is 1. The Morgan fingerprint density at radius 2 is 0.769 bits per heavy atom. The van der Waals surface area contributed by atoms with Gasteiger partial charge in [0.1, 0.15) is 11.5 Å². The number of phenolic OH excluding ortho intramolecular Hbond substituents is 2. The number of rotatable bonds is 13. The molecule has 1 aromatic rings. The van der Waals surface area contributed by atoms with Crippen molar-refractivity contribution in [2.75, 3.05) is 26.4 Å². The van der Waals surface area contributed by atoms with Crippen LogP contribution in [0, 0.1) is 0 Å². The number of aliphatic hydroxyl groups is 4. The van der Waals surface area contributed by atoms with E-state index < -0.39 is 0 Å². The van der Waals surface area contributed by atoms with Gasteiger partial charge in [-0.15, -0.1) is 0 Å². The summed E-state index contributed by atoms with van der Waals surface area (Å²) < 4.78 is 0. The second-order valence-corrected chi connectivity index (χ2v) is 6.28. The number of hydrogen-bond acceptors (Lipinski definition) is 6. The fraction of sp³-hybridized carbons (Fsp3) is 0.700. The first-order chi connectivity index (χ1) is 12.6. The van der Waals surface area contributed by atoms with Crippen molar-refractivity contribution < 1.29 is 30.6 Å². The lowest BCUT2D eigenvalue weighted by molar-refractivity contribution is 0.279. The lowest BCUT2D eigenvalue weighted by Crippen LogP contribution is -2.01. The molecule has 0 aliphatic carbocycles. The van der Waals surface area contributed by atoms with Crippen molar-refractivity contribution in [3.8, 4) is 11.5 Å². The molecule has 6 nitrogen and oxygen atoms in total. The van der Waals surface area contributed by atoms with Gasteiger partial charge in [0.25, 0.3) is 0 Å². The molecule has 1 aromatic carbocycles. The van der Waals surface area contributed by atoms with Crippen molar-refractivity contribution in [1.29, 1.82) is 0 Å². The first kappa shape index (κ1) is 24.7. The SMILES string of the molecule is OCCCCCCCCCCO.OCCc1c(O)ccc(O)c1CCO. The molecular weight excluding hydrogens is 336 g/mol. The highest BCUT2D eigenvalue weighted by Gasteiger charge is 2.11. The molecule has 0 spiro atoms. The average Bonchev–Trinajstić information content (AvgIpc) is 2.64. The van der Waals surface area contributed by atoms with Crippen molar-refractivity contribution in [2.45, 2.75) is 64.2 Å². The maximum Gasteiger partial charge on any atom is 0.119 e. The molecule has 0 radical (unpaired) electrons. The van der Waals surface area contributed by atoms with E-state index in [4.69, 9.17) is 20.4 Å². The lowest BCUT2D eigenvalue weighted by Gasteiger charge is -2.11. The van der Waals surface area contributed by atoms with E-state index in [9.17, 15) is 10.2 Å². The fourth-order valence-corrected chi connectivity index (χ4v) is 2.73. The summed E-state index contributed by atoms with van der Waals surface area (Å²) in [6, 6.07) is 2.75. The van der Waals surface area contributed by atoms with Crippen molar-refractivity contribution in [3.63, 3.8) is 0 Å². The molecule has 0 aliphatic heterocycles. The normalized spacial score (nSPS) is 10.5. The molecule has 1 rings (SSSR count). The van der Waals surface area contributed by atoms with Gasteiger partial charge in [0.2, 0.25) is 0 Å². The minimum atomic E-state index is -0.102. The highest BCUT2D eigenvalue weighted by atomic mass is 16.3. The second kappa shape index (κ2) is 17.1. The van der Waals surface area contributed by atoms with Crippen LogP contribution >= 0.6 is 0 Å². The van der Waals surface area contributed by atoms with Crippen LogP contribution in [0.4, 0.5) is 0 Å². The molecule has 152 valence electrons. The van der Waals surface area contributed by atoms with Gasteiger partial charge in [-0.1, -0.05) is 38.5 Å². The van der Waals surface area contributed by atoms with E-state index in [1.165, 1.54) is 37.8 Å². The van der Waals surface area contributed by atoms with Gasteiger partial charge in [0, 0.05) is 37.6 Å². The topological polar surface area (TPSA) is 121 Å². The molecule has 0 amide bonds. The number of aliphatic hydroxyl groups excluding tert-OH is 4. The Balaban J connectivity index is 0.000000488. The van der Waals surface area contributed by atoms with Crippen LogP contribution in [0.15, 0.2) is 12.1 Å². The maximum atomic E-state index is 9.47. The molecule has 26 heavy (non-hydrogen) atoms. The summed E-state index contributed by atoms with van der Waals surface area (Å²) in [7, 11) is 0. The van der Waals surface area contributed by atoms with Gasteiger partial charge in [0.05, 0.1) is 0 Å². The number of aromatic hydroxyl groups is 2. The van der Waals surface area contributed by atoms with Gasteiger partial charge in [-0.3, -0.25) is 0 Å². The number of hydrogen-bond donors (Lipinski definition) is 6. The van der Waals surface area contributed by atoms with E-state index >= 15 is 0 Å². The van der Waals surface area contributed by atoms with Gasteiger partial charge in [-0.05, 0) is 37.8 Å². The molecule has 6 N–H and O–H groups in total. The highest BCUT2D eigenvalue weighted by molar-refractivity contribution is 5.47. The quantitative estimate of drug-likeness (QED) is 0.233. The van der Waals surface area contributed by atoms with Crippen molar-refractivity contribution in [3.05, 3.63) is 23.3 Å². The third-order valence-corrected chi connectivity index (χ3v) is 4.17. The van der Waals surface area contributed by atoms with Crippen LogP contribution in [-0.2, 0) is 12.8 Å². The Bertz CT molecular complexity index is 409. The highest BCUT2D eigenvalue weighted by Crippen LogP contribution is 2.29. The van der Waals surface area contributed by atoms with E-state index in [1.807, 2.05) is 0 Å². The molecular formula is C20H36O6. The predicted octanol–water partition coefficient (Wildman–Crippen LogP) is 2.26. The van der Waals surface area contributed by atoms with Crippen LogP contribution in [-0.4, -0.2) is 57.1 Å². The largest absolute Gasteiger partial charge is 0.508 e. The van der Waals surface area contributed by atoms with Gasteiger partial charge in [-0.2, -0.15) is 0 Å². The first-order valence-corrected chi connectivity index (χ1v) is 9.58. The van der Waals surface area contributed by atoms with Crippen molar-refractivity contribution in [2.24, 2.45) is 0 Å². The molecule has 0 unspecified atom stereocenters. The minimum Gasteiger partial charge on any atom is -0.508 e. The van der Waals surface area contributed by atoms with Gasteiger partial charge < -0.3 is 30.6 Å². The van der Waals surface area contributed by atoms with Crippen LogP contribution < -0.4 is 0 Å². The minimum absolute atomic E-state index is 0.0419. The molecule has 0 fully saturated rings. The number of phenols is 2. The first-order valence-electron chi connectivity index (χ1n) is 9.58. The van der Waals surface area contributed by atoms with Gasteiger partial charge >= 0.3 is 0 Å². The summed E-state index contributed by atoms with van der Waals surface area (Å²) in [4.78, 5) is 0. The van der Waals surface area contributed by atoms with Gasteiger partial charge in [-0.25, -0.2) is 0 Å². The fourth-order valence-electron chi connectivity index (χ4n) is 2.73. The second-order valence-electron chi connectivity index (χ2n) is 6.28. The lowest BCUT2D eigenvalue weighted by atomic mass is 10.00. The van der Waals surface area contributed by atoms with Crippen LogP contribution in [0.3, 0.4) is 0 Å². The van der Waals surface area contributed by atoms with E-state index in [0.29, 0.717) is 24.3 Å². The van der Waals surface area contributed by atoms with E-state index in [1.54, 1.807) is 0 Å². The average molecular weight is 373 g/mol. The molecule has 0 saturated carbocycles. The van der Waals surface area contributed by atoms with E-state index in [2.05, 4.69) is 0 Å². The van der Waals surface area contributed by atoms with Crippen molar-refractivity contribution >= 4 is 0 Å². The van der Waals surface area contributed by atoms with E-state index in [-0.39, 0.29) is 37.6 Å². The summed E-state index contributed by atoms with van der Waals surface area (Å²) in [5.74, 6) is 0.0839. The smallest absolute Gasteiger partial charge is 0.119 e. The zero-order valence-corrected chi connectivity index (χ0v) is 15.7. The van der Waals surface area contributed by atoms with Crippen LogP contribution in [0.2, 0.25) is 0 Å². The third kappa shape index (κ3) is 11.3. The molecule has 0 heterocycles. The van der Waals surface area contributed by atoms with Crippen LogP contribution in [0.5, 0.6) is 11.5 Å². The molecule has 0 bridgehead atoms. The summed E-state index contributed by atoms with van der Waals surface area (Å²) in [6.45, 7) is 0.472. The molecule has 0 aromatic heterocycles. The summed E-state index contributed by atoms with van der Waals surface area (Å²) in [5.41, 5.74) is 1.00. The predicted molar refractivity (Wildman–Crippen MR) is 102 cm³/mol. The number of unbranched alkanes of at least 4 members (excludes halogenated alkanes) is 7. The Kier molecular flexibility index (Phi) is 16.2.